The van der Waals surface area contributed by atoms with Crippen molar-refractivity contribution >= 4 is 12.1 Å². The van der Waals surface area contributed by atoms with E-state index in [0.717, 1.165) is 42.7 Å². The predicted octanol–water partition coefficient (Wildman–Crippen LogP) is 4.57. The van der Waals surface area contributed by atoms with E-state index >= 15 is 0 Å². The molecule has 0 radical (unpaired) electrons. The van der Waals surface area contributed by atoms with Crippen LogP contribution in [0.1, 0.15) is 45.1 Å². The lowest BCUT2D eigenvalue weighted by molar-refractivity contribution is -0.123. The second-order valence-electron chi connectivity index (χ2n) is 6.53. The molecule has 0 heterocycles. The number of benzene rings is 2. The van der Waals surface area contributed by atoms with Gasteiger partial charge >= 0.3 is 0 Å². The van der Waals surface area contributed by atoms with Gasteiger partial charge in [0.1, 0.15) is 17.2 Å². The zero-order chi connectivity index (χ0) is 20.7. The SMILES string of the molecule is CCCCOc1ccc(/C=N\NC(=O)COc2ccc(OCCCC)cc2)cc1. The molecule has 1 N–H and O–H groups in total. The molecule has 0 spiro atoms. The topological polar surface area (TPSA) is 69.2 Å². The average molecular weight is 399 g/mol. The van der Waals surface area contributed by atoms with Crippen LogP contribution in [0.25, 0.3) is 0 Å². The maximum absolute atomic E-state index is 11.9. The maximum Gasteiger partial charge on any atom is 0.277 e. The average Bonchev–Trinajstić information content (AvgIpc) is 2.75. The number of carbonyl (C=O) groups is 1. The molecule has 0 aliphatic rings. The van der Waals surface area contributed by atoms with Crippen LogP contribution in [0.3, 0.4) is 0 Å². The lowest BCUT2D eigenvalue weighted by Crippen LogP contribution is -2.24. The van der Waals surface area contributed by atoms with E-state index in [1.807, 2.05) is 36.4 Å². The Balaban J connectivity index is 1.68. The van der Waals surface area contributed by atoms with Gasteiger partial charge in [-0.05, 0) is 66.9 Å². The molecule has 0 saturated carbocycles. The van der Waals surface area contributed by atoms with Crippen molar-refractivity contribution in [1.82, 2.24) is 5.43 Å². The molecule has 6 nitrogen and oxygen atoms in total. The first-order valence-electron chi connectivity index (χ1n) is 10.1. The summed E-state index contributed by atoms with van der Waals surface area (Å²) < 4.78 is 16.7. The van der Waals surface area contributed by atoms with Crippen LogP contribution in [0.2, 0.25) is 0 Å². The predicted molar refractivity (Wildman–Crippen MR) is 115 cm³/mol. The minimum Gasteiger partial charge on any atom is -0.494 e. The van der Waals surface area contributed by atoms with Crippen LogP contribution in [0.15, 0.2) is 53.6 Å². The molecule has 2 rings (SSSR count). The number of nitrogens with zero attached hydrogens (tertiary/aromatic N) is 1. The molecule has 0 fully saturated rings. The van der Waals surface area contributed by atoms with Gasteiger partial charge in [-0.15, -0.1) is 0 Å². The molecular formula is C23H30N2O4. The Bertz CT molecular complexity index is 742. The number of nitrogens with one attached hydrogen (secondary N) is 1. The first-order chi connectivity index (χ1) is 14.2. The van der Waals surface area contributed by atoms with Gasteiger partial charge in [-0.2, -0.15) is 5.10 Å². The van der Waals surface area contributed by atoms with Crippen molar-refractivity contribution in [3.63, 3.8) is 0 Å². The first kappa shape index (κ1) is 22.3. The highest BCUT2D eigenvalue weighted by atomic mass is 16.5. The van der Waals surface area contributed by atoms with Gasteiger partial charge in [0.2, 0.25) is 0 Å². The highest BCUT2D eigenvalue weighted by Gasteiger charge is 2.02. The summed E-state index contributed by atoms with van der Waals surface area (Å²) in [5, 5.41) is 3.95. The fraction of sp³-hybridized carbons (Fsp3) is 0.391. The fourth-order valence-electron chi connectivity index (χ4n) is 2.31. The van der Waals surface area contributed by atoms with Crippen LogP contribution >= 0.6 is 0 Å². The Hall–Kier alpha value is -3.02. The Morgan fingerprint density at radius 3 is 1.83 bits per heavy atom. The second kappa shape index (κ2) is 13.2. The third-order valence-corrected chi connectivity index (χ3v) is 4.01. The Morgan fingerprint density at radius 2 is 1.31 bits per heavy atom. The lowest BCUT2D eigenvalue weighted by Gasteiger charge is -2.08. The van der Waals surface area contributed by atoms with Crippen LogP contribution < -0.4 is 19.6 Å². The standard InChI is InChI=1S/C23H30N2O4/c1-3-5-15-27-20-9-7-19(8-10-20)17-24-25-23(26)18-29-22-13-11-21(12-14-22)28-16-6-4-2/h7-14,17H,3-6,15-16,18H2,1-2H3,(H,25,26)/b24-17-. The van der Waals surface area contributed by atoms with Gasteiger partial charge in [-0.25, -0.2) is 5.43 Å². The van der Waals surface area contributed by atoms with E-state index in [0.29, 0.717) is 19.0 Å². The molecule has 6 heteroatoms. The molecule has 1 amide bonds. The van der Waals surface area contributed by atoms with Gasteiger partial charge in [-0.1, -0.05) is 26.7 Å². The monoisotopic (exact) mass is 398 g/mol. The zero-order valence-corrected chi connectivity index (χ0v) is 17.2. The van der Waals surface area contributed by atoms with Crippen molar-refractivity contribution in [1.29, 1.82) is 0 Å². The number of hydrogen-bond acceptors (Lipinski definition) is 5. The summed E-state index contributed by atoms with van der Waals surface area (Å²) in [7, 11) is 0. The van der Waals surface area contributed by atoms with Gasteiger partial charge in [0.25, 0.3) is 5.91 Å². The van der Waals surface area contributed by atoms with E-state index in [1.54, 1.807) is 18.3 Å². The summed E-state index contributed by atoms with van der Waals surface area (Å²) in [5.74, 6) is 1.89. The summed E-state index contributed by atoms with van der Waals surface area (Å²) in [4.78, 5) is 11.9. The number of ether oxygens (including phenoxy) is 3. The summed E-state index contributed by atoms with van der Waals surface area (Å²) in [6.07, 6.45) is 5.84. The van der Waals surface area contributed by atoms with Crippen LogP contribution in [-0.4, -0.2) is 31.9 Å². The Labute approximate surface area is 172 Å². The number of hydrogen-bond donors (Lipinski definition) is 1. The summed E-state index contributed by atoms with van der Waals surface area (Å²) in [5.41, 5.74) is 3.32. The summed E-state index contributed by atoms with van der Waals surface area (Å²) in [6.45, 7) is 5.55. The molecule has 0 aliphatic carbocycles. The van der Waals surface area contributed by atoms with E-state index in [-0.39, 0.29) is 12.5 Å². The molecule has 0 aliphatic heterocycles. The fourth-order valence-corrected chi connectivity index (χ4v) is 2.31. The van der Waals surface area contributed by atoms with E-state index in [9.17, 15) is 4.79 Å². The molecule has 0 bridgehead atoms. The molecule has 0 saturated heterocycles. The molecule has 2 aromatic carbocycles. The van der Waals surface area contributed by atoms with Crippen molar-refractivity contribution in [2.24, 2.45) is 5.10 Å². The van der Waals surface area contributed by atoms with Gasteiger partial charge in [-0.3, -0.25) is 4.79 Å². The van der Waals surface area contributed by atoms with Gasteiger partial charge < -0.3 is 14.2 Å². The van der Waals surface area contributed by atoms with Crippen LogP contribution in [0.4, 0.5) is 0 Å². The van der Waals surface area contributed by atoms with Crippen molar-refractivity contribution in [3.8, 4) is 17.2 Å². The number of amides is 1. The number of rotatable bonds is 13. The smallest absolute Gasteiger partial charge is 0.277 e. The first-order valence-corrected chi connectivity index (χ1v) is 10.1. The molecule has 0 unspecified atom stereocenters. The molecule has 2 aromatic rings. The highest BCUT2D eigenvalue weighted by Crippen LogP contribution is 2.17. The zero-order valence-electron chi connectivity index (χ0n) is 17.2. The van der Waals surface area contributed by atoms with Crippen LogP contribution in [0.5, 0.6) is 17.2 Å². The summed E-state index contributed by atoms with van der Waals surface area (Å²) in [6, 6.07) is 14.8. The van der Waals surface area contributed by atoms with E-state index in [1.165, 1.54) is 0 Å². The van der Waals surface area contributed by atoms with E-state index in [2.05, 4.69) is 24.4 Å². The van der Waals surface area contributed by atoms with Crippen LogP contribution in [0, 0.1) is 0 Å². The van der Waals surface area contributed by atoms with Gasteiger partial charge in [0.15, 0.2) is 6.61 Å². The minimum absolute atomic E-state index is 0.114. The van der Waals surface area contributed by atoms with Gasteiger partial charge in [0, 0.05) is 0 Å². The van der Waals surface area contributed by atoms with Crippen molar-refractivity contribution in [3.05, 3.63) is 54.1 Å². The second-order valence-corrected chi connectivity index (χ2v) is 6.53. The minimum atomic E-state index is -0.330. The normalized spacial score (nSPS) is 10.7. The largest absolute Gasteiger partial charge is 0.494 e. The number of hydrazone groups is 1. The van der Waals surface area contributed by atoms with Crippen molar-refractivity contribution in [2.75, 3.05) is 19.8 Å². The Kier molecular flexibility index (Phi) is 10.1. The van der Waals surface area contributed by atoms with E-state index < -0.39 is 0 Å². The van der Waals surface area contributed by atoms with Crippen LogP contribution in [-0.2, 0) is 4.79 Å². The lowest BCUT2D eigenvalue weighted by atomic mass is 10.2. The van der Waals surface area contributed by atoms with Crippen molar-refractivity contribution in [2.45, 2.75) is 39.5 Å². The quantitative estimate of drug-likeness (QED) is 0.305. The number of carbonyl (C=O) groups excluding carboxylic acids is 1. The molecule has 29 heavy (non-hydrogen) atoms. The molecule has 156 valence electrons. The third kappa shape index (κ3) is 9.14. The molecule has 0 aromatic heterocycles. The van der Waals surface area contributed by atoms with E-state index in [4.69, 9.17) is 14.2 Å². The maximum atomic E-state index is 11.9. The van der Waals surface area contributed by atoms with Crippen molar-refractivity contribution < 1.29 is 19.0 Å². The number of unbranched alkanes of at least 4 members (excludes halogenated alkanes) is 2. The Morgan fingerprint density at radius 1 is 0.828 bits per heavy atom. The molecular weight excluding hydrogens is 368 g/mol. The highest BCUT2D eigenvalue weighted by molar-refractivity contribution is 5.83. The molecule has 0 atom stereocenters. The van der Waals surface area contributed by atoms with Gasteiger partial charge in [0.05, 0.1) is 19.4 Å². The third-order valence-electron chi connectivity index (χ3n) is 4.01. The summed E-state index contributed by atoms with van der Waals surface area (Å²) >= 11 is 0.